The molecule has 1 aliphatic rings. The third-order valence-corrected chi connectivity index (χ3v) is 3.49. The molecule has 0 spiro atoms. The van der Waals surface area contributed by atoms with Crippen LogP contribution in [0.15, 0.2) is 0 Å². The van der Waals surface area contributed by atoms with Gasteiger partial charge in [0.1, 0.15) is 4.83 Å². The van der Waals surface area contributed by atoms with Crippen molar-refractivity contribution in [2.45, 2.75) is 36.9 Å². The number of esters is 1. The molecule has 1 saturated heterocycles. The third kappa shape index (κ3) is 4.98. The predicted octanol–water partition coefficient (Wildman–Crippen LogP) is 2.19. The van der Waals surface area contributed by atoms with Gasteiger partial charge in [-0.25, -0.2) is 0 Å². The molecule has 0 bridgehead atoms. The third-order valence-electron chi connectivity index (χ3n) is 2.82. The Balaban J connectivity index is 2.31. The zero-order valence-electron chi connectivity index (χ0n) is 9.38. The number of halogens is 1. The fourth-order valence-electron chi connectivity index (χ4n) is 1.92. The van der Waals surface area contributed by atoms with Crippen molar-refractivity contribution in [1.82, 2.24) is 4.90 Å². The van der Waals surface area contributed by atoms with Crippen molar-refractivity contribution < 1.29 is 9.53 Å². The van der Waals surface area contributed by atoms with E-state index in [9.17, 15) is 4.79 Å². The van der Waals surface area contributed by atoms with E-state index < -0.39 is 0 Å². The first kappa shape index (κ1) is 13.0. The highest BCUT2D eigenvalue weighted by Gasteiger charge is 2.19. The van der Waals surface area contributed by atoms with Crippen LogP contribution in [0.1, 0.15) is 32.1 Å². The summed E-state index contributed by atoms with van der Waals surface area (Å²) >= 11 is 3.37. The van der Waals surface area contributed by atoms with Gasteiger partial charge in [-0.15, -0.1) is 0 Å². The normalized spacial score (nSPS) is 21.5. The molecule has 0 aromatic carbocycles. The molecule has 0 saturated carbocycles. The molecular weight excluding hydrogens is 258 g/mol. The Morgan fingerprint density at radius 3 is 2.33 bits per heavy atom. The maximum absolute atomic E-state index is 11.2. The van der Waals surface area contributed by atoms with Crippen LogP contribution in [0.25, 0.3) is 0 Å². The summed E-state index contributed by atoms with van der Waals surface area (Å²) in [6.07, 6.45) is 6.51. The summed E-state index contributed by atoms with van der Waals surface area (Å²) in [5.74, 6) is -0.169. The minimum Gasteiger partial charge on any atom is -0.468 e. The van der Waals surface area contributed by atoms with Gasteiger partial charge in [-0.05, 0) is 25.9 Å². The molecule has 1 heterocycles. The van der Waals surface area contributed by atoms with Crippen LogP contribution in [0.3, 0.4) is 0 Å². The van der Waals surface area contributed by atoms with Crippen molar-refractivity contribution in [3.05, 3.63) is 0 Å². The van der Waals surface area contributed by atoms with E-state index in [0.29, 0.717) is 0 Å². The first-order valence-corrected chi connectivity index (χ1v) is 6.60. The number of rotatable bonds is 3. The number of ether oxygens (including phenoxy) is 1. The minimum absolute atomic E-state index is 0.169. The lowest BCUT2D eigenvalue weighted by atomic mass is 10.1. The zero-order chi connectivity index (χ0) is 11.1. The van der Waals surface area contributed by atoms with Gasteiger partial charge in [-0.3, -0.25) is 4.79 Å². The molecule has 1 atom stereocenters. The largest absolute Gasteiger partial charge is 0.468 e. The number of alkyl halides is 1. The van der Waals surface area contributed by atoms with E-state index in [1.54, 1.807) is 0 Å². The van der Waals surface area contributed by atoms with Crippen LogP contribution in [0.5, 0.6) is 0 Å². The summed E-state index contributed by atoms with van der Waals surface area (Å²) in [5, 5.41) is 0. The van der Waals surface area contributed by atoms with Crippen molar-refractivity contribution >= 4 is 21.9 Å². The highest BCUT2D eigenvalue weighted by Crippen LogP contribution is 2.13. The topological polar surface area (TPSA) is 29.5 Å². The van der Waals surface area contributed by atoms with E-state index in [2.05, 4.69) is 20.8 Å². The molecule has 1 rings (SSSR count). The SMILES string of the molecule is COC(=O)C(Br)CN1CCCCCCC1. The van der Waals surface area contributed by atoms with Crippen molar-refractivity contribution in [3.63, 3.8) is 0 Å². The average molecular weight is 278 g/mol. The Kier molecular flexibility index (Phi) is 6.25. The highest BCUT2D eigenvalue weighted by atomic mass is 79.9. The van der Waals surface area contributed by atoms with Crippen molar-refractivity contribution in [3.8, 4) is 0 Å². The number of nitrogens with zero attached hydrogens (tertiary/aromatic N) is 1. The summed E-state index contributed by atoms with van der Waals surface area (Å²) < 4.78 is 4.70. The van der Waals surface area contributed by atoms with Gasteiger partial charge in [0.15, 0.2) is 0 Å². The van der Waals surface area contributed by atoms with Crippen LogP contribution in [0.4, 0.5) is 0 Å². The van der Waals surface area contributed by atoms with Gasteiger partial charge >= 0.3 is 5.97 Å². The first-order chi connectivity index (χ1) is 7.24. The first-order valence-electron chi connectivity index (χ1n) is 5.68. The van der Waals surface area contributed by atoms with E-state index in [0.717, 1.165) is 19.6 Å². The second-order valence-corrected chi connectivity index (χ2v) is 5.16. The van der Waals surface area contributed by atoms with Crippen LogP contribution in [0, 0.1) is 0 Å². The molecule has 0 amide bonds. The average Bonchev–Trinajstić information content (AvgIpc) is 2.20. The highest BCUT2D eigenvalue weighted by molar-refractivity contribution is 9.10. The molecule has 0 aliphatic carbocycles. The lowest BCUT2D eigenvalue weighted by Gasteiger charge is -2.25. The molecule has 0 aromatic heterocycles. The molecule has 0 radical (unpaired) electrons. The second-order valence-electron chi connectivity index (χ2n) is 4.06. The van der Waals surface area contributed by atoms with E-state index in [-0.39, 0.29) is 10.8 Å². The lowest BCUT2D eigenvalue weighted by Crippen LogP contribution is -2.36. The monoisotopic (exact) mass is 277 g/mol. The van der Waals surface area contributed by atoms with Gasteiger partial charge < -0.3 is 9.64 Å². The number of hydrogen-bond acceptors (Lipinski definition) is 3. The number of carbonyl (C=O) groups is 1. The van der Waals surface area contributed by atoms with Crippen LogP contribution >= 0.6 is 15.9 Å². The Morgan fingerprint density at radius 2 is 1.80 bits per heavy atom. The van der Waals surface area contributed by atoms with Crippen LogP contribution in [-0.2, 0) is 9.53 Å². The van der Waals surface area contributed by atoms with E-state index >= 15 is 0 Å². The smallest absolute Gasteiger partial charge is 0.320 e. The zero-order valence-corrected chi connectivity index (χ0v) is 11.0. The van der Waals surface area contributed by atoms with E-state index in [1.807, 2.05) is 0 Å². The van der Waals surface area contributed by atoms with E-state index in [1.165, 1.54) is 39.2 Å². The number of likely N-dealkylation sites (tertiary alicyclic amines) is 1. The van der Waals surface area contributed by atoms with Gasteiger partial charge in [-0.2, -0.15) is 0 Å². The molecule has 0 N–H and O–H groups in total. The summed E-state index contributed by atoms with van der Waals surface area (Å²) in [5.41, 5.74) is 0. The quantitative estimate of drug-likeness (QED) is 0.585. The number of carbonyl (C=O) groups excluding carboxylic acids is 1. The summed E-state index contributed by atoms with van der Waals surface area (Å²) in [6, 6.07) is 0. The van der Waals surface area contributed by atoms with Crippen LogP contribution in [-0.4, -0.2) is 42.4 Å². The summed E-state index contributed by atoms with van der Waals surface area (Å²) in [7, 11) is 1.43. The molecule has 15 heavy (non-hydrogen) atoms. The molecular formula is C11H20BrNO2. The van der Waals surface area contributed by atoms with Gasteiger partial charge in [0.25, 0.3) is 0 Å². The molecule has 1 unspecified atom stereocenters. The summed E-state index contributed by atoms with van der Waals surface area (Å²) in [6.45, 7) is 2.99. The van der Waals surface area contributed by atoms with Gasteiger partial charge in [0.05, 0.1) is 7.11 Å². The maximum atomic E-state index is 11.2. The molecule has 1 aliphatic heterocycles. The van der Waals surface area contributed by atoms with Gasteiger partial charge in [0, 0.05) is 6.54 Å². The molecule has 1 fully saturated rings. The standard InChI is InChI=1S/C11H20BrNO2/c1-15-11(14)10(12)9-13-7-5-3-2-4-6-8-13/h10H,2-9H2,1H3. The van der Waals surface area contributed by atoms with Gasteiger partial charge in [-0.1, -0.05) is 35.2 Å². The van der Waals surface area contributed by atoms with Crippen LogP contribution in [0.2, 0.25) is 0 Å². The van der Waals surface area contributed by atoms with Gasteiger partial charge in [0.2, 0.25) is 0 Å². The van der Waals surface area contributed by atoms with Crippen LogP contribution < -0.4 is 0 Å². The maximum Gasteiger partial charge on any atom is 0.320 e. The Morgan fingerprint density at radius 1 is 1.27 bits per heavy atom. The van der Waals surface area contributed by atoms with E-state index in [4.69, 9.17) is 4.74 Å². The predicted molar refractivity (Wildman–Crippen MR) is 64.3 cm³/mol. The van der Waals surface area contributed by atoms with Crippen molar-refractivity contribution in [2.75, 3.05) is 26.7 Å². The second kappa shape index (κ2) is 7.23. The Labute approximate surface area is 100 Å². The molecule has 3 nitrogen and oxygen atoms in total. The molecule has 0 aromatic rings. The fourth-order valence-corrected chi connectivity index (χ4v) is 2.52. The minimum atomic E-state index is -0.179. The molecule has 4 heteroatoms. The summed E-state index contributed by atoms with van der Waals surface area (Å²) in [4.78, 5) is 13.4. The Hall–Kier alpha value is -0.0900. The lowest BCUT2D eigenvalue weighted by molar-refractivity contribution is -0.140. The van der Waals surface area contributed by atoms with Crippen molar-refractivity contribution in [1.29, 1.82) is 0 Å². The van der Waals surface area contributed by atoms with Crippen molar-refractivity contribution in [2.24, 2.45) is 0 Å². The number of methoxy groups -OCH3 is 1. The fraction of sp³-hybridized carbons (Fsp3) is 0.909. The number of hydrogen-bond donors (Lipinski definition) is 0. The Bertz CT molecular complexity index is 191. The molecule has 88 valence electrons.